The summed E-state index contributed by atoms with van der Waals surface area (Å²) >= 11 is 0. The second kappa shape index (κ2) is 11.5. The van der Waals surface area contributed by atoms with Crippen molar-refractivity contribution in [3.8, 4) is 0 Å². The van der Waals surface area contributed by atoms with Gasteiger partial charge in [-0.05, 0) is 47.7 Å². The molecule has 1 aliphatic heterocycles. The van der Waals surface area contributed by atoms with Crippen LogP contribution in [0.2, 0.25) is 0 Å². The maximum absolute atomic E-state index is 13.8. The SMILES string of the molecule is COC[C@H]1COC(c2ccc3c(C(=O)CCc4ccc(F)c(F)c4)c(C(C)C)n(Cc4ccccc4)c3c2)=N1. The average molecular weight is 531 g/mol. The lowest BCUT2D eigenvalue weighted by atomic mass is 9.96. The number of halogens is 2. The number of benzene rings is 3. The zero-order valence-corrected chi connectivity index (χ0v) is 22.4. The Bertz CT molecular complexity index is 1530. The summed E-state index contributed by atoms with van der Waals surface area (Å²) in [6.45, 7) is 5.73. The van der Waals surface area contributed by atoms with Crippen LogP contribution in [0.5, 0.6) is 0 Å². The number of rotatable bonds is 10. The van der Waals surface area contributed by atoms with Gasteiger partial charge in [0, 0.05) is 42.3 Å². The number of aliphatic imine (C=N–C) groups is 1. The van der Waals surface area contributed by atoms with E-state index in [1.54, 1.807) is 7.11 Å². The van der Waals surface area contributed by atoms with E-state index in [9.17, 15) is 13.6 Å². The largest absolute Gasteiger partial charge is 0.475 e. The van der Waals surface area contributed by atoms with E-state index < -0.39 is 11.6 Å². The Kier molecular flexibility index (Phi) is 7.89. The van der Waals surface area contributed by atoms with Crippen molar-refractivity contribution in [3.63, 3.8) is 0 Å². The minimum Gasteiger partial charge on any atom is -0.475 e. The number of carbonyl (C=O) groups excluding carboxylic acids is 1. The lowest BCUT2D eigenvalue weighted by molar-refractivity contribution is 0.0982. The molecule has 39 heavy (non-hydrogen) atoms. The highest BCUT2D eigenvalue weighted by molar-refractivity contribution is 6.11. The van der Waals surface area contributed by atoms with Crippen LogP contribution in [-0.4, -0.2) is 42.6 Å². The Morgan fingerprint density at radius 1 is 1.05 bits per heavy atom. The molecule has 1 atom stereocenters. The summed E-state index contributed by atoms with van der Waals surface area (Å²) in [5, 5.41) is 0.862. The highest BCUT2D eigenvalue weighted by Gasteiger charge is 2.26. The monoisotopic (exact) mass is 530 g/mol. The van der Waals surface area contributed by atoms with E-state index >= 15 is 0 Å². The predicted octanol–water partition coefficient (Wildman–Crippen LogP) is 6.70. The maximum atomic E-state index is 13.8. The second-order valence-electron chi connectivity index (χ2n) is 10.2. The van der Waals surface area contributed by atoms with Crippen molar-refractivity contribution in [2.45, 2.75) is 45.2 Å². The van der Waals surface area contributed by atoms with Crippen molar-refractivity contribution in [3.05, 3.63) is 106 Å². The lowest BCUT2D eigenvalue weighted by Gasteiger charge is -2.15. The van der Waals surface area contributed by atoms with E-state index in [0.717, 1.165) is 39.9 Å². The quantitative estimate of drug-likeness (QED) is 0.215. The van der Waals surface area contributed by atoms with Crippen LogP contribution < -0.4 is 0 Å². The van der Waals surface area contributed by atoms with Gasteiger partial charge in [0.1, 0.15) is 12.6 Å². The Labute approximate surface area is 227 Å². The molecule has 0 saturated carbocycles. The first-order chi connectivity index (χ1) is 18.9. The zero-order chi connectivity index (χ0) is 27.5. The standard InChI is InChI=1S/C32H32F2N2O3/c1-20(2)31-30(29(37)14-10-21-9-13-26(33)27(34)15-21)25-12-11-23(32-35-24(18-38-3)19-39-32)16-28(25)36(31)17-22-7-5-4-6-8-22/h4-9,11-13,15-16,20,24H,10,14,17-19H2,1-3H3/t24-/m0/s1. The third kappa shape index (κ3) is 5.64. The molecular weight excluding hydrogens is 498 g/mol. The Hall–Kier alpha value is -3.84. The Morgan fingerprint density at radius 3 is 2.56 bits per heavy atom. The average Bonchev–Trinajstić information content (AvgIpc) is 3.52. The molecule has 0 unspecified atom stereocenters. The number of ether oxygens (including phenoxy) is 2. The van der Waals surface area contributed by atoms with E-state index in [1.807, 2.05) is 36.4 Å². The first kappa shape index (κ1) is 26.8. The fourth-order valence-corrected chi connectivity index (χ4v) is 5.26. The number of aryl methyl sites for hydroxylation is 1. The van der Waals surface area contributed by atoms with Gasteiger partial charge in [-0.3, -0.25) is 4.79 Å². The summed E-state index contributed by atoms with van der Waals surface area (Å²) in [5.74, 6) is -1.18. The number of hydrogen-bond acceptors (Lipinski definition) is 4. The van der Waals surface area contributed by atoms with Crippen molar-refractivity contribution in [1.29, 1.82) is 0 Å². The molecule has 4 aromatic rings. The topological polar surface area (TPSA) is 52.8 Å². The van der Waals surface area contributed by atoms with Gasteiger partial charge >= 0.3 is 0 Å². The number of methoxy groups -OCH3 is 1. The van der Waals surface area contributed by atoms with Crippen LogP contribution in [0.25, 0.3) is 10.9 Å². The van der Waals surface area contributed by atoms with Crippen molar-refractivity contribution in [2.75, 3.05) is 20.3 Å². The van der Waals surface area contributed by atoms with E-state index in [4.69, 9.17) is 9.47 Å². The molecule has 202 valence electrons. The molecule has 1 aliphatic rings. The highest BCUT2D eigenvalue weighted by Crippen LogP contribution is 2.34. The molecule has 0 N–H and O–H groups in total. The van der Waals surface area contributed by atoms with Crippen LogP contribution >= 0.6 is 0 Å². The molecule has 5 nitrogen and oxygen atoms in total. The molecular formula is C32H32F2N2O3. The van der Waals surface area contributed by atoms with E-state index in [-0.39, 0.29) is 24.2 Å². The molecule has 5 rings (SSSR count). The van der Waals surface area contributed by atoms with Crippen LogP contribution in [-0.2, 0) is 22.4 Å². The summed E-state index contributed by atoms with van der Waals surface area (Å²) in [6.07, 6.45) is 0.508. The van der Waals surface area contributed by atoms with Crippen molar-refractivity contribution >= 4 is 22.6 Å². The molecule has 3 aromatic carbocycles. The Balaban J connectivity index is 1.58. The minimum absolute atomic E-state index is 0.0254. The van der Waals surface area contributed by atoms with Crippen LogP contribution in [0.15, 0.2) is 71.7 Å². The second-order valence-corrected chi connectivity index (χ2v) is 10.2. The highest BCUT2D eigenvalue weighted by atomic mass is 19.2. The van der Waals surface area contributed by atoms with E-state index in [0.29, 0.717) is 43.2 Å². The van der Waals surface area contributed by atoms with Crippen LogP contribution in [0.3, 0.4) is 0 Å². The number of nitrogens with zero attached hydrogens (tertiary/aromatic N) is 2. The first-order valence-electron chi connectivity index (χ1n) is 13.2. The molecule has 0 radical (unpaired) electrons. The molecule has 0 aliphatic carbocycles. The van der Waals surface area contributed by atoms with Crippen molar-refractivity contribution in [2.24, 2.45) is 4.99 Å². The van der Waals surface area contributed by atoms with E-state index in [1.165, 1.54) is 6.07 Å². The summed E-state index contributed by atoms with van der Waals surface area (Å²) in [7, 11) is 1.65. The molecule has 0 amide bonds. The lowest BCUT2D eigenvalue weighted by Crippen LogP contribution is -2.12. The zero-order valence-electron chi connectivity index (χ0n) is 22.4. The molecule has 7 heteroatoms. The smallest absolute Gasteiger partial charge is 0.216 e. The summed E-state index contributed by atoms with van der Waals surface area (Å²) < 4.78 is 40.5. The normalized spacial score (nSPS) is 15.1. The predicted molar refractivity (Wildman–Crippen MR) is 149 cm³/mol. The number of Topliss-reactive ketones (excluding diaryl/α,β-unsaturated/α-hetero) is 1. The number of aromatic nitrogens is 1. The number of ketones is 1. The summed E-state index contributed by atoms with van der Waals surface area (Å²) in [6, 6.07) is 19.9. The van der Waals surface area contributed by atoms with Gasteiger partial charge in [0.2, 0.25) is 5.90 Å². The van der Waals surface area contributed by atoms with Crippen molar-refractivity contribution < 1.29 is 23.0 Å². The van der Waals surface area contributed by atoms with Gasteiger partial charge in [-0.25, -0.2) is 13.8 Å². The van der Waals surface area contributed by atoms with Gasteiger partial charge in [0.15, 0.2) is 17.4 Å². The van der Waals surface area contributed by atoms with Crippen LogP contribution in [0, 0.1) is 11.6 Å². The third-order valence-corrected chi connectivity index (χ3v) is 7.06. The number of hydrogen-bond donors (Lipinski definition) is 0. The van der Waals surface area contributed by atoms with Crippen molar-refractivity contribution in [1.82, 2.24) is 4.57 Å². The van der Waals surface area contributed by atoms with Gasteiger partial charge < -0.3 is 14.0 Å². The maximum Gasteiger partial charge on any atom is 0.216 e. The fraction of sp³-hybridized carbons (Fsp3) is 0.312. The summed E-state index contributed by atoms with van der Waals surface area (Å²) in [5.41, 5.74) is 5.12. The van der Waals surface area contributed by atoms with Gasteiger partial charge in [-0.2, -0.15) is 0 Å². The molecule has 0 fully saturated rings. The molecule has 1 aromatic heterocycles. The van der Waals surface area contributed by atoms with Gasteiger partial charge in [-0.1, -0.05) is 56.3 Å². The third-order valence-electron chi connectivity index (χ3n) is 7.06. The minimum atomic E-state index is -0.903. The number of fused-ring (bicyclic) bond motifs is 1. The number of carbonyl (C=O) groups is 1. The summed E-state index contributed by atoms with van der Waals surface area (Å²) in [4.78, 5) is 18.5. The van der Waals surface area contributed by atoms with Gasteiger partial charge in [-0.15, -0.1) is 0 Å². The van der Waals surface area contributed by atoms with Gasteiger partial charge in [0.05, 0.1) is 12.1 Å². The van der Waals surface area contributed by atoms with E-state index in [2.05, 4.69) is 35.5 Å². The fourth-order valence-electron chi connectivity index (χ4n) is 5.26. The molecule has 0 spiro atoms. The molecule has 2 heterocycles. The molecule has 0 bridgehead atoms. The van der Waals surface area contributed by atoms with Crippen LogP contribution in [0.4, 0.5) is 8.78 Å². The van der Waals surface area contributed by atoms with Gasteiger partial charge in [0.25, 0.3) is 0 Å². The Morgan fingerprint density at radius 2 is 1.85 bits per heavy atom. The molecule has 0 saturated heterocycles. The first-order valence-corrected chi connectivity index (χ1v) is 13.2. The van der Waals surface area contributed by atoms with Crippen LogP contribution in [0.1, 0.15) is 58.9 Å².